The maximum Gasteiger partial charge on any atom is 0.148 e. The lowest BCUT2D eigenvalue weighted by atomic mass is 10.2. The number of para-hydroxylation sites is 2. The molecule has 2 aromatic heterocycles. The molecule has 4 rings (SSSR count). The molecule has 28 heavy (non-hydrogen) atoms. The molecule has 4 aromatic rings. The Bertz CT molecular complexity index is 992. The van der Waals surface area contributed by atoms with E-state index in [2.05, 4.69) is 37.7 Å². The first kappa shape index (κ1) is 18.1. The monoisotopic (exact) mass is 375 g/mol. The summed E-state index contributed by atoms with van der Waals surface area (Å²) in [7, 11) is 0. The van der Waals surface area contributed by atoms with E-state index in [1.165, 1.54) is 0 Å². The summed E-state index contributed by atoms with van der Waals surface area (Å²) >= 11 is 0. The number of hydrogen-bond acceptors (Lipinski definition) is 6. The van der Waals surface area contributed by atoms with Crippen molar-refractivity contribution in [2.45, 2.75) is 25.6 Å². The molecule has 0 saturated heterocycles. The number of aromatic amines is 1. The van der Waals surface area contributed by atoms with Crippen LogP contribution in [0.15, 0.2) is 66.7 Å². The van der Waals surface area contributed by atoms with Gasteiger partial charge in [-0.3, -0.25) is 4.98 Å². The number of nitrogens with zero attached hydrogens (tertiary/aromatic N) is 4. The Labute approximate surface area is 162 Å². The summed E-state index contributed by atoms with van der Waals surface area (Å²) in [6, 6.07) is 21.8. The molecule has 2 aromatic carbocycles. The van der Waals surface area contributed by atoms with Crippen molar-refractivity contribution in [1.82, 2.24) is 25.6 Å². The number of pyridine rings is 1. The number of hydrogen-bond donors (Lipinski definition) is 1. The molecular formula is C21H21N5O2. The molecule has 1 N–H and O–H groups in total. The van der Waals surface area contributed by atoms with Gasteiger partial charge in [0, 0.05) is 11.8 Å². The van der Waals surface area contributed by atoms with E-state index >= 15 is 0 Å². The van der Waals surface area contributed by atoms with E-state index in [1.54, 1.807) is 0 Å². The first-order valence-corrected chi connectivity index (χ1v) is 9.23. The average Bonchev–Trinajstić information content (AvgIpc) is 3.27. The Hall–Kier alpha value is -3.32. The zero-order valence-corrected chi connectivity index (χ0v) is 15.4. The van der Waals surface area contributed by atoms with Crippen LogP contribution in [0.2, 0.25) is 0 Å². The Kier molecular flexibility index (Phi) is 5.84. The zero-order chi connectivity index (χ0) is 19.0. The highest BCUT2D eigenvalue weighted by molar-refractivity contribution is 5.78. The Morgan fingerprint density at radius 3 is 2.64 bits per heavy atom. The van der Waals surface area contributed by atoms with Gasteiger partial charge in [0.2, 0.25) is 0 Å². The van der Waals surface area contributed by atoms with Crippen molar-refractivity contribution in [3.63, 3.8) is 0 Å². The smallest absolute Gasteiger partial charge is 0.148 e. The van der Waals surface area contributed by atoms with Crippen LogP contribution in [0.4, 0.5) is 0 Å². The number of fused-ring (bicyclic) bond motifs is 1. The Balaban J connectivity index is 1.39. The van der Waals surface area contributed by atoms with Crippen molar-refractivity contribution in [2.24, 2.45) is 0 Å². The quantitative estimate of drug-likeness (QED) is 0.483. The highest BCUT2D eigenvalue weighted by atomic mass is 16.5. The lowest BCUT2D eigenvalue weighted by Gasteiger charge is -2.18. The van der Waals surface area contributed by atoms with E-state index in [0.717, 1.165) is 34.6 Å². The third-order valence-corrected chi connectivity index (χ3v) is 4.39. The van der Waals surface area contributed by atoms with Gasteiger partial charge in [-0.05, 0) is 41.1 Å². The highest BCUT2D eigenvalue weighted by Gasteiger charge is 2.13. The van der Waals surface area contributed by atoms with Crippen molar-refractivity contribution < 1.29 is 9.47 Å². The number of aryl methyl sites for hydroxylation is 1. The fourth-order valence-corrected chi connectivity index (χ4v) is 2.89. The van der Waals surface area contributed by atoms with Crippen LogP contribution < -0.4 is 4.74 Å². The van der Waals surface area contributed by atoms with Gasteiger partial charge in [0.05, 0.1) is 23.9 Å². The Morgan fingerprint density at radius 1 is 0.929 bits per heavy atom. The van der Waals surface area contributed by atoms with Crippen LogP contribution >= 0.6 is 0 Å². The summed E-state index contributed by atoms with van der Waals surface area (Å²) in [5.41, 5.74) is 1.86. The molecule has 1 unspecified atom stereocenters. The minimum atomic E-state index is -0.112. The van der Waals surface area contributed by atoms with Crippen LogP contribution in [0.25, 0.3) is 10.9 Å². The van der Waals surface area contributed by atoms with Crippen molar-refractivity contribution in [1.29, 1.82) is 0 Å². The van der Waals surface area contributed by atoms with Gasteiger partial charge in [-0.25, -0.2) is 5.10 Å². The Morgan fingerprint density at radius 2 is 1.79 bits per heavy atom. The van der Waals surface area contributed by atoms with Gasteiger partial charge in [-0.2, -0.15) is 0 Å². The molecule has 2 heterocycles. The van der Waals surface area contributed by atoms with Gasteiger partial charge in [0.15, 0.2) is 0 Å². The van der Waals surface area contributed by atoms with Gasteiger partial charge in [-0.15, -0.1) is 5.10 Å². The second-order valence-electron chi connectivity index (χ2n) is 6.44. The fraction of sp³-hybridized carbons (Fsp3) is 0.238. The van der Waals surface area contributed by atoms with E-state index in [1.807, 2.05) is 54.6 Å². The van der Waals surface area contributed by atoms with Crippen LogP contribution in [0.1, 0.15) is 17.9 Å². The van der Waals surface area contributed by atoms with Gasteiger partial charge >= 0.3 is 0 Å². The van der Waals surface area contributed by atoms with E-state index in [9.17, 15) is 0 Å². The third-order valence-electron chi connectivity index (χ3n) is 4.39. The second kappa shape index (κ2) is 9.05. The maximum atomic E-state index is 6.13. The number of tetrazole rings is 1. The summed E-state index contributed by atoms with van der Waals surface area (Å²) in [6.07, 6.45) is 1.30. The lowest BCUT2D eigenvalue weighted by molar-refractivity contribution is 0.00323. The molecule has 7 heteroatoms. The lowest BCUT2D eigenvalue weighted by Crippen LogP contribution is -2.23. The summed E-state index contributed by atoms with van der Waals surface area (Å²) in [6.45, 7) is 0.863. The molecule has 0 aliphatic carbocycles. The average molecular weight is 375 g/mol. The molecular weight excluding hydrogens is 354 g/mol. The zero-order valence-electron chi connectivity index (χ0n) is 15.4. The van der Waals surface area contributed by atoms with Crippen molar-refractivity contribution >= 4 is 10.9 Å². The number of aromatic nitrogens is 5. The SMILES string of the molecule is c1ccc(OCC(CCc2nnn[nH]2)OCc2ccc3ccccc3n2)cc1. The molecule has 0 saturated carbocycles. The summed E-state index contributed by atoms with van der Waals surface area (Å²) in [5.74, 6) is 1.55. The molecule has 0 aliphatic rings. The molecule has 0 radical (unpaired) electrons. The molecule has 0 spiro atoms. The number of nitrogens with one attached hydrogen (secondary N) is 1. The van der Waals surface area contributed by atoms with Crippen molar-refractivity contribution in [2.75, 3.05) is 6.61 Å². The van der Waals surface area contributed by atoms with Crippen LogP contribution in [-0.2, 0) is 17.8 Å². The van der Waals surface area contributed by atoms with Crippen LogP contribution in [0, 0.1) is 0 Å². The second-order valence-corrected chi connectivity index (χ2v) is 6.44. The van der Waals surface area contributed by atoms with Crippen molar-refractivity contribution in [3.05, 3.63) is 78.2 Å². The van der Waals surface area contributed by atoms with Crippen LogP contribution in [0.5, 0.6) is 5.75 Å². The van der Waals surface area contributed by atoms with Gasteiger partial charge in [-0.1, -0.05) is 42.5 Å². The maximum absolute atomic E-state index is 6.13. The first-order chi connectivity index (χ1) is 13.9. The minimum Gasteiger partial charge on any atom is -0.491 e. The largest absolute Gasteiger partial charge is 0.491 e. The van der Waals surface area contributed by atoms with Gasteiger partial charge in [0.25, 0.3) is 0 Å². The van der Waals surface area contributed by atoms with Crippen LogP contribution in [-0.4, -0.2) is 38.3 Å². The topological polar surface area (TPSA) is 85.8 Å². The molecule has 0 bridgehead atoms. The van der Waals surface area contributed by atoms with Crippen LogP contribution in [0.3, 0.4) is 0 Å². The molecule has 1 atom stereocenters. The standard InChI is InChI=1S/C21H21N5O2/c1-2-7-18(8-3-1)28-15-19(12-13-21-23-25-26-24-21)27-14-17-11-10-16-6-4-5-9-20(16)22-17/h1-11,19H,12-15H2,(H,23,24,25,26). The number of ether oxygens (including phenoxy) is 2. The fourth-order valence-electron chi connectivity index (χ4n) is 2.89. The summed E-state index contributed by atoms with van der Waals surface area (Å²) in [4.78, 5) is 4.67. The van der Waals surface area contributed by atoms with E-state index in [4.69, 9.17) is 9.47 Å². The van der Waals surface area contributed by atoms with E-state index < -0.39 is 0 Å². The predicted octanol–water partition coefficient (Wildman–Crippen LogP) is 3.34. The normalized spacial score (nSPS) is 12.1. The minimum absolute atomic E-state index is 0.112. The molecule has 7 nitrogen and oxygen atoms in total. The van der Waals surface area contributed by atoms with Gasteiger partial charge < -0.3 is 9.47 Å². The molecule has 0 amide bonds. The summed E-state index contributed by atoms with van der Waals surface area (Å²) < 4.78 is 12.0. The highest BCUT2D eigenvalue weighted by Crippen LogP contribution is 2.15. The van der Waals surface area contributed by atoms with Crippen molar-refractivity contribution in [3.8, 4) is 5.75 Å². The number of benzene rings is 2. The predicted molar refractivity (Wildman–Crippen MR) is 105 cm³/mol. The van der Waals surface area contributed by atoms with Gasteiger partial charge in [0.1, 0.15) is 18.2 Å². The van der Waals surface area contributed by atoms with E-state index in [0.29, 0.717) is 19.6 Å². The number of H-pyrrole nitrogens is 1. The molecule has 142 valence electrons. The molecule has 0 aliphatic heterocycles. The summed E-state index contributed by atoms with van der Waals surface area (Å²) in [5, 5.41) is 15.1. The third kappa shape index (κ3) is 4.89. The first-order valence-electron chi connectivity index (χ1n) is 9.23. The number of rotatable bonds is 9. The van der Waals surface area contributed by atoms with E-state index in [-0.39, 0.29) is 6.10 Å². The molecule has 0 fully saturated rings.